The molecule has 0 radical (unpaired) electrons. The summed E-state index contributed by atoms with van der Waals surface area (Å²) in [7, 11) is -3.02. The molecular formula is C79H76NOP. The number of hydrogen-bond donors (Lipinski definition) is 0. The number of para-hydroxylation sites is 1. The van der Waals surface area contributed by atoms with Gasteiger partial charge in [-0.05, 0) is 165 Å². The molecule has 1 unspecified atom stereocenters. The van der Waals surface area contributed by atoms with Gasteiger partial charge in [-0.1, -0.05) is 260 Å². The monoisotopic (exact) mass is 1090 g/mol. The van der Waals surface area contributed by atoms with E-state index in [0.717, 1.165) is 38.2 Å². The molecule has 0 saturated heterocycles. The summed E-state index contributed by atoms with van der Waals surface area (Å²) >= 11 is 0. The molecule has 2 heterocycles. The number of fused-ring (bicyclic) bond motifs is 9. The maximum absolute atomic E-state index is 15.3. The number of aromatic nitrogens is 1. The van der Waals surface area contributed by atoms with Crippen molar-refractivity contribution in [2.75, 3.05) is 0 Å². The maximum Gasteiger partial charge on any atom is 0.172 e. The van der Waals surface area contributed by atoms with Crippen molar-refractivity contribution in [3.8, 4) is 72.4 Å². The maximum atomic E-state index is 15.3. The highest BCUT2D eigenvalue weighted by atomic mass is 31.2. The molecule has 0 fully saturated rings. The van der Waals surface area contributed by atoms with Gasteiger partial charge in [0.05, 0.1) is 11.0 Å². The molecule has 13 rings (SSSR count). The summed E-state index contributed by atoms with van der Waals surface area (Å²) in [6.45, 7) is 9.07. The second kappa shape index (κ2) is 22.9. The van der Waals surface area contributed by atoms with Crippen LogP contribution in [-0.2, 0) is 9.98 Å². The second-order valence-corrected chi connectivity index (χ2v) is 26.6. The number of unbranched alkanes of at least 4 members (excludes halogenated alkanes) is 10. The number of hydrogen-bond acceptors (Lipinski definition) is 1. The average molecular weight is 1090 g/mol. The van der Waals surface area contributed by atoms with E-state index in [2.05, 4.69) is 214 Å². The Morgan fingerprint density at radius 1 is 0.354 bits per heavy atom. The molecule has 0 bridgehead atoms. The lowest BCUT2D eigenvalue weighted by molar-refractivity contribution is 0.398. The molecule has 10 aromatic carbocycles. The van der Waals surface area contributed by atoms with Gasteiger partial charge in [-0.3, -0.25) is 0 Å². The summed E-state index contributed by atoms with van der Waals surface area (Å²) in [6.07, 6.45) is 17.8. The molecule has 1 atom stereocenters. The van der Waals surface area contributed by atoms with Gasteiger partial charge in [0.1, 0.15) is 0 Å². The number of rotatable bonds is 20. The Morgan fingerprint density at radius 2 is 0.854 bits per heavy atom. The van der Waals surface area contributed by atoms with E-state index in [1.165, 1.54) is 184 Å². The molecular weight excluding hydrogens is 1010 g/mol. The van der Waals surface area contributed by atoms with Crippen LogP contribution in [-0.4, -0.2) is 4.57 Å². The van der Waals surface area contributed by atoms with Gasteiger partial charge >= 0.3 is 0 Å². The van der Waals surface area contributed by atoms with Crippen molar-refractivity contribution in [1.82, 2.24) is 4.57 Å². The predicted octanol–water partition coefficient (Wildman–Crippen LogP) is 21.5. The first kappa shape index (κ1) is 53.5. The van der Waals surface area contributed by atoms with Crippen LogP contribution in [0.25, 0.3) is 94.3 Å². The summed E-state index contributed by atoms with van der Waals surface area (Å²) in [6, 6.07) is 81.2. The van der Waals surface area contributed by atoms with Crippen molar-refractivity contribution in [2.45, 2.75) is 123 Å². The van der Waals surface area contributed by atoms with Gasteiger partial charge in [0.2, 0.25) is 0 Å². The first-order chi connectivity index (χ1) is 40.2. The summed E-state index contributed by atoms with van der Waals surface area (Å²) < 4.78 is 17.8. The number of nitrogens with zero attached hydrogens (tertiary/aromatic N) is 1. The minimum Gasteiger partial charge on any atom is -0.309 e. The summed E-state index contributed by atoms with van der Waals surface area (Å²) in [5, 5.41) is 5.19. The third-order valence-electron chi connectivity index (χ3n) is 18.5. The first-order valence-electron chi connectivity index (χ1n) is 30.8. The predicted molar refractivity (Wildman–Crippen MR) is 353 cm³/mol. The van der Waals surface area contributed by atoms with E-state index in [-0.39, 0.29) is 5.41 Å². The van der Waals surface area contributed by atoms with Crippen LogP contribution < -0.4 is 15.9 Å². The fraction of sp³-hybridized carbons (Fsp3) is 0.241. The molecule has 0 spiro atoms. The van der Waals surface area contributed by atoms with Crippen molar-refractivity contribution in [3.63, 3.8) is 0 Å². The van der Waals surface area contributed by atoms with Crippen LogP contribution in [0.15, 0.2) is 218 Å². The minimum absolute atomic E-state index is 0.0744. The highest BCUT2D eigenvalue weighted by Crippen LogP contribution is 2.57. The van der Waals surface area contributed by atoms with Gasteiger partial charge in [0.25, 0.3) is 0 Å². The Bertz CT molecular complexity index is 4160. The van der Waals surface area contributed by atoms with Crippen LogP contribution in [0.1, 0.15) is 126 Å². The van der Waals surface area contributed by atoms with E-state index >= 15 is 4.57 Å². The normalized spacial score (nSPS) is 14.7. The van der Waals surface area contributed by atoms with Crippen LogP contribution in [0.2, 0.25) is 0 Å². The first-order valence-corrected chi connectivity index (χ1v) is 32.5. The Morgan fingerprint density at radius 3 is 1.54 bits per heavy atom. The van der Waals surface area contributed by atoms with E-state index in [4.69, 9.17) is 0 Å². The number of aryl methyl sites for hydroxylation is 2. The average Bonchev–Trinajstić information content (AvgIpc) is 3.04. The fourth-order valence-corrected chi connectivity index (χ4v) is 17.3. The minimum atomic E-state index is -3.02. The lowest BCUT2D eigenvalue weighted by atomic mass is 9.70. The van der Waals surface area contributed by atoms with Gasteiger partial charge in [0, 0.05) is 37.8 Å². The van der Waals surface area contributed by atoms with E-state index in [9.17, 15) is 0 Å². The Hall–Kier alpha value is -7.77. The molecule has 0 N–H and O–H groups in total. The van der Waals surface area contributed by atoms with Gasteiger partial charge in [0.15, 0.2) is 7.14 Å². The molecule has 3 heteroatoms. The zero-order valence-electron chi connectivity index (χ0n) is 48.5. The molecule has 1 aliphatic heterocycles. The van der Waals surface area contributed by atoms with Crippen molar-refractivity contribution in [3.05, 3.63) is 241 Å². The highest BCUT2D eigenvalue weighted by molar-refractivity contribution is 7.86. The molecule has 2 nitrogen and oxygen atoms in total. The molecule has 0 amide bonds. The lowest BCUT2D eigenvalue weighted by Gasteiger charge is -2.33. The molecule has 11 aromatic rings. The van der Waals surface area contributed by atoms with Gasteiger partial charge in [-0.2, -0.15) is 0 Å². The van der Waals surface area contributed by atoms with Crippen LogP contribution in [0.5, 0.6) is 0 Å². The summed E-state index contributed by atoms with van der Waals surface area (Å²) in [5.74, 6) is 0. The van der Waals surface area contributed by atoms with Crippen molar-refractivity contribution in [2.24, 2.45) is 0 Å². The zero-order chi connectivity index (χ0) is 55.8. The number of benzene rings is 10. The molecule has 2 aliphatic rings. The Kier molecular flexibility index (Phi) is 14.9. The highest BCUT2D eigenvalue weighted by Gasteiger charge is 2.43. The summed E-state index contributed by atoms with van der Waals surface area (Å²) in [4.78, 5) is 0. The molecule has 408 valence electrons. The van der Waals surface area contributed by atoms with Crippen LogP contribution in [0.3, 0.4) is 0 Å². The van der Waals surface area contributed by atoms with Gasteiger partial charge in [-0.25, -0.2) is 0 Å². The van der Waals surface area contributed by atoms with Gasteiger partial charge < -0.3 is 9.13 Å². The van der Waals surface area contributed by atoms with Crippen LogP contribution >= 0.6 is 7.14 Å². The molecule has 82 heavy (non-hydrogen) atoms. The zero-order valence-corrected chi connectivity index (χ0v) is 49.4. The second-order valence-electron chi connectivity index (χ2n) is 23.9. The Labute approximate surface area is 487 Å². The third kappa shape index (κ3) is 9.71. The van der Waals surface area contributed by atoms with Crippen LogP contribution in [0.4, 0.5) is 0 Å². The van der Waals surface area contributed by atoms with Gasteiger partial charge in [-0.15, -0.1) is 0 Å². The SMILES string of the molecule is CCCCCCCCC1(CCCCCCCC)c2cc(-c3ccc(-c4ccc(C)cc4)cc3)ccc2-c2ccc(-c3cc(C)cc(-n4c5ccccc5c5cc(-c6ccc7c(c6)-c6ccccc6P7(=O)c6ccccc6)ccc54)c3)cc21. The third-order valence-corrected chi connectivity index (χ3v) is 21.7. The fourth-order valence-electron chi connectivity index (χ4n) is 14.3. The molecule has 0 saturated carbocycles. The standard InChI is InChI=1S/C79H76NOP/c1-5-7-9-11-13-22-46-79(47-23-14-12-10-8-6-2)73-53-62(59-36-34-58(35-37-59)57-32-30-55(3)31-33-57)38-42-67(73)68-43-39-63(54-74(68)79)64-48-56(4)49-65(50-64)80-75-28-20-18-26-69(75)71-51-60(40-44-76(71)80)61-41-45-78-72(52-61)70-27-19-21-29-77(70)82(78,81)66-24-16-15-17-25-66/h15-21,24-45,48-54H,5-14,22-23,46-47H2,1-4H3. The van der Waals surface area contributed by atoms with E-state index in [1.807, 2.05) is 36.4 Å². The van der Waals surface area contributed by atoms with Crippen molar-refractivity contribution >= 4 is 44.9 Å². The van der Waals surface area contributed by atoms with Crippen molar-refractivity contribution in [1.29, 1.82) is 0 Å². The summed E-state index contributed by atoms with van der Waals surface area (Å²) in [5.41, 5.74) is 24.0. The largest absolute Gasteiger partial charge is 0.309 e. The van der Waals surface area contributed by atoms with Crippen LogP contribution in [0, 0.1) is 13.8 Å². The molecule has 1 aliphatic carbocycles. The van der Waals surface area contributed by atoms with Crippen molar-refractivity contribution < 1.29 is 4.57 Å². The quantitative estimate of drug-likeness (QED) is 0.0551. The van der Waals surface area contributed by atoms with E-state index in [0.29, 0.717) is 0 Å². The lowest BCUT2D eigenvalue weighted by Crippen LogP contribution is -2.25. The topological polar surface area (TPSA) is 22.0 Å². The Balaban J connectivity index is 0.886. The molecule has 1 aromatic heterocycles. The van der Waals surface area contributed by atoms with E-state index in [1.54, 1.807) is 0 Å². The smallest absolute Gasteiger partial charge is 0.172 e. The van der Waals surface area contributed by atoms with E-state index < -0.39 is 7.14 Å².